The Hall–Kier alpha value is -2.37. The van der Waals surface area contributed by atoms with E-state index in [-0.39, 0.29) is 51.8 Å². The molecule has 148 valence electrons. The molecule has 1 aliphatic heterocycles. The van der Waals surface area contributed by atoms with Gasteiger partial charge in [0.05, 0.1) is 28.1 Å². The Kier molecular flexibility index (Phi) is 4.41. The second-order valence-electron chi connectivity index (χ2n) is 7.88. The third-order valence-corrected chi connectivity index (χ3v) is 6.94. The number of para-hydroxylation sites is 2. The van der Waals surface area contributed by atoms with Crippen LogP contribution in [0.4, 0.5) is 5.69 Å². The van der Waals surface area contributed by atoms with Crippen molar-refractivity contribution in [1.29, 1.82) is 0 Å². The molecule has 3 fully saturated rings. The molecule has 3 aliphatic rings. The Morgan fingerprint density at radius 1 is 0.966 bits per heavy atom. The van der Waals surface area contributed by atoms with Crippen LogP contribution in [0.3, 0.4) is 0 Å². The molecule has 2 aromatic carbocycles. The quantitative estimate of drug-likeness (QED) is 0.401. The van der Waals surface area contributed by atoms with Gasteiger partial charge in [0.25, 0.3) is 0 Å². The number of imide groups is 1. The van der Waals surface area contributed by atoms with Crippen LogP contribution in [0.5, 0.6) is 5.75 Å². The molecule has 0 aromatic heterocycles. The Morgan fingerprint density at radius 2 is 1.62 bits per heavy atom. The fourth-order valence-electron chi connectivity index (χ4n) is 5.18. The lowest BCUT2D eigenvalue weighted by molar-refractivity contribution is -0.123. The van der Waals surface area contributed by atoms with Crippen molar-refractivity contribution in [3.8, 4) is 5.75 Å². The molecule has 0 radical (unpaired) electrons. The highest BCUT2D eigenvalue weighted by Crippen LogP contribution is 2.57. The number of ether oxygens (including phenoxy) is 1. The fraction of sp³-hybridized carbons (Fsp3) is 0.318. The Bertz CT molecular complexity index is 1020. The summed E-state index contributed by atoms with van der Waals surface area (Å²) in [6, 6.07) is 11.1. The molecular weight excluding hydrogens is 413 g/mol. The average Bonchev–Trinajstić information content (AvgIpc) is 3.36. The lowest BCUT2D eigenvalue weighted by Crippen LogP contribution is -2.33. The third-order valence-electron chi connectivity index (χ3n) is 6.39. The number of hydrogen-bond donors (Lipinski definition) is 0. The first-order valence-electron chi connectivity index (χ1n) is 9.60. The number of fused-ring (bicyclic) bond motifs is 5. The second kappa shape index (κ2) is 6.85. The van der Waals surface area contributed by atoms with E-state index in [2.05, 4.69) is 0 Å². The lowest BCUT2D eigenvalue weighted by Gasteiger charge is -2.20. The Labute approximate surface area is 177 Å². The zero-order valence-electron chi connectivity index (χ0n) is 15.3. The van der Waals surface area contributed by atoms with E-state index >= 15 is 0 Å². The van der Waals surface area contributed by atoms with E-state index in [1.165, 1.54) is 17.0 Å². The Morgan fingerprint density at radius 3 is 2.28 bits per heavy atom. The van der Waals surface area contributed by atoms with Crippen molar-refractivity contribution >= 4 is 46.7 Å². The predicted molar refractivity (Wildman–Crippen MR) is 108 cm³/mol. The van der Waals surface area contributed by atoms with E-state index in [0.29, 0.717) is 10.7 Å². The van der Waals surface area contributed by atoms with Crippen molar-refractivity contribution in [2.75, 3.05) is 4.90 Å². The smallest absolute Gasteiger partial charge is 0.345 e. The summed E-state index contributed by atoms with van der Waals surface area (Å²) in [5.74, 6) is -0.800. The molecule has 4 atom stereocenters. The molecule has 1 heterocycles. The van der Waals surface area contributed by atoms with Crippen molar-refractivity contribution in [3.05, 3.63) is 58.1 Å². The summed E-state index contributed by atoms with van der Waals surface area (Å²) >= 11 is 12.0. The minimum Gasteiger partial charge on any atom is -0.421 e. The number of carbonyl (C=O) groups is 3. The highest BCUT2D eigenvalue weighted by molar-refractivity contribution is 6.36. The summed E-state index contributed by atoms with van der Waals surface area (Å²) in [5.41, 5.74) is 0.453. The van der Waals surface area contributed by atoms with Crippen LogP contribution in [0, 0.1) is 23.7 Å². The van der Waals surface area contributed by atoms with Crippen LogP contribution in [-0.2, 0) is 9.59 Å². The van der Waals surface area contributed by atoms with Gasteiger partial charge in [-0.1, -0.05) is 35.3 Å². The van der Waals surface area contributed by atoms with E-state index in [1.54, 1.807) is 30.3 Å². The maximum absolute atomic E-state index is 13.1. The van der Waals surface area contributed by atoms with Gasteiger partial charge in [-0.05, 0) is 61.4 Å². The van der Waals surface area contributed by atoms with Gasteiger partial charge in [0.2, 0.25) is 11.8 Å². The van der Waals surface area contributed by atoms with Gasteiger partial charge in [0.1, 0.15) is 0 Å². The van der Waals surface area contributed by atoms with Gasteiger partial charge < -0.3 is 4.74 Å². The first-order valence-corrected chi connectivity index (χ1v) is 10.4. The molecule has 2 aromatic rings. The summed E-state index contributed by atoms with van der Waals surface area (Å²) in [7, 11) is 0. The summed E-state index contributed by atoms with van der Waals surface area (Å²) in [5, 5.41) is 0.570. The number of carbonyl (C=O) groups excluding carboxylic acids is 3. The van der Waals surface area contributed by atoms with Crippen molar-refractivity contribution < 1.29 is 19.1 Å². The standard InChI is InChI=1S/C22H17Cl2NO4/c23-13-7-8-14(15(24)10-13)22(28)29-17-4-2-1-3-16(17)25-20(26)18-11-5-6-12(9-11)19(18)21(25)27/h1-4,7-8,10-12,18-19H,5-6,9H2/t11-,12-,18-,19+/m1/s1. The summed E-state index contributed by atoms with van der Waals surface area (Å²) in [6.45, 7) is 0. The molecule has 2 saturated carbocycles. The van der Waals surface area contributed by atoms with Gasteiger partial charge in [-0.25, -0.2) is 9.69 Å². The molecular formula is C22H17Cl2NO4. The highest BCUT2D eigenvalue weighted by Gasteiger charge is 2.61. The van der Waals surface area contributed by atoms with Gasteiger partial charge in [0, 0.05) is 5.02 Å². The Balaban J connectivity index is 1.47. The monoisotopic (exact) mass is 429 g/mol. The van der Waals surface area contributed by atoms with Crippen LogP contribution in [-0.4, -0.2) is 17.8 Å². The van der Waals surface area contributed by atoms with Crippen LogP contribution >= 0.6 is 23.2 Å². The number of hydrogen-bond acceptors (Lipinski definition) is 4. The summed E-state index contributed by atoms with van der Waals surface area (Å²) < 4.78 is 5.54. The number of rotatable bonds is 3. The topological polar surface area (TPSA) is 63.7 Å². The van der Waals surface area contributed by atoms with Gasteiger partial charge >= 0.3 is 5.97 Å². The second-order valence-corrected chi connectivity index (χ2v) is 8.72. The zero-order valence-corrected chi connectivity index (χ0v) is 16.8. The van der Waals surface area contributed by atoms with E-state index in [1.807, 2.05) is 0 Å². The van der Waals surface area contributed by atoms with E-state index in [9.17, 15) is 14.4 Å². The van der Waals surface area contributed by atoms with Gasteiger partial charge in [0.15, 0.2) is 5.75 Å². The van der Waals surface area contributed by atoms with Gasteiger partial charge in [-0.3, -0.25) is 9.59 Å². The molecule has 5 nitrogen and oxygen atoms in total. The van der Waals surface area contributed by atoms with Crippen LogP contribution in [0.15, 0.2) is 42.5 Å². The molecule has 0 N–H and O–H groups in total. The molecule has 7 heteroatoms. The molecule has 1 saturated heterocycles. The average molecular weight is 430 g/mol. The first-order chi connectivity index (χ1) is 14.0. The van der Waals surface area contributed by atoms with Crippen LogP contribution in [0.25, 0.3) is 0 Å². The number of anilines is 1. The maximum atomic E-state index is 13.1. The molecule has 0 spiro atoms. The molecule has 2 bridgehead atoms. The number of amides is 2. The highest BCUT2D eigenvalue weighted by atomic mass is 35.5. The van der Waals surface area contributed by atoms with Crippen molar-refractivity contribution in [2.45, 2.75) is 19.3 Å². The predicted octanol–water partition coefficient (Wildman–Crippen LogP) is 4.75. The van der Waals surface area contributed by atoms with Crippen LogP contribution in [0.1, 0.15) is 29.6 Å². The minimum absolute atomic E-state index is 0.150. The molecule has 29 heavy (non-hydrogen) atoms. The van der Waals surface area contributed by atoms with Crippen LogP contribution in [0.2, 0.25) is 10.0 Å². The lowest BCUT2D eigenvalue weighted by atomic mass is 9.81. The van der Waals surface area contributed by atoms with E-state index in [4.69, 9.17) is 27.9 Å². The molecule has 0 unspecified atom stereocenters. The maximum Gasteiger partial charge on any atom is 0.345 e. The molecule has 2 amide bonds. The van der Waals surface area contributed by atoms with Crippen LogP contribution < -0.4 is 9.64 Å². The first kappa shape index (κ1) is 18.6. The minimum atomic E-state index is -0.682. The number of halogens is 2. The summed E-state index contributed by atoms with van der Waals surface area (Å²) in [4.78, 5) is 40.1. The van der Waals surface area contributed by atoms with Crippen molar-refractivity contribution in [2.24, 2.45) is 23.7 Å². The van der Waals surface area contributed by atoms with E-state index < -0.39 is 5.97 Å². The molecule has 5 rings (SSSR count). The fourth-order valence-corrected chi connectivity index (χ4v) is 5.67. The largest absolute Gasteiger partial charge is 0.421 e. The number of nitrogens with zero attached hydrogens (tertiary/aromatic N) is 1. The third kappa shape index (κ3) is 2.87. The SMILES string of the molecule is O=C(Oc1ccccc1N1C(=O)[C@@H]2[C@@H]3CC[C@H](C3)[C@@H]2C1=O)c1ccc(Cl)cc1Cl. The van der Waals surface area contributed by atoms with Crippen molar-refractivity contribution in [1.82, 2.24) is 0 Å². The van der Waals surface area contributed by atoms with E-state index in [0.717, 1.165) is 19.3 Å². The molecule has 2 aliphatic carbocycles. The number of esters is 1. The number of benzene rings is 2. The normalized spacial score (nSPS) is 27.4. The zero-order chi connectivity index (χ0) is 20.3. The van der Waals surface area contributed by atoms with Crippen molar-refractivity contribution in [3.63, 3.8) is 0 Å². The summed E-state index contributed by atoms with van der Waals surface area (Å²) in [6.07, 6.45) is 2.97. The van der Waals surface area contributed by atoms with Gasteiger partial charge in [-0.2, -0.15) is 0 Å². The van der Waals surface area contributed by atoms with Gasteiger partial charge in [-0.15, -0.1) is 0 Å².